The number of ether oxygens (including phenoxy) is 1. The number of carbonyl (C=O) groups is 1. The summed E-state index contributed by atoms with van der Waals surface area (Å²) in [5.74, 6) is 0. The fourth-order valence-corrected chi connectivity index (χ4v) is 3.99. The van der Waals surface area contributed by atoms with Crippen LogP contribution in [-0.4, -0.2) is 67.1 Å². The molecule has 174 valence electrons. The lowest BCUT2D eigenvalue weighted by Gasteiger charge is -2.35. The van der Waals surface area contributed by atoms with E-state index in [-0.39, 0.29) is 32.2 Å². The molecular formula is C19H22ClF6N3O2. The second-order valence-electron chi connectivity index (χ2n) is 7.60. The van der Waals surface area contributed by atoms with Crippen molar-refractivity contribution in [3.8, 4) is 0 Å². The molecule has 2 aliphatic rings. The molecule has 1 amide bonds. The third-order valence-electron chi connectivity index (χ3n) is 5.38. The minimum Gasteiger partial charge on any atom is -0.426 e. The molecule has 2 heterocycles. The molecule has 3 rings (SSSR count). The molecule has 1 aromatic carbocycles. The number of hydrogen-bond donors (Lipinski definition) is 1. The van der Waals surface area contributed by atoms with Crippen LogP contribution in [0.3, 0.4) is 0 Å². The van der Waals surface area contributed by atoms with Gasteiger partial charge in [-0.25, -0.2) is 4.79 Å². The van der Waals surface area contributed by atoms with E-state index in [0.29, 0.717) is 11.6 Å². The molecule has 0 saturated carbocycles. The summed E-state index contributed by atoms with van der Waals surface area (Å²) >= 11 is 6.14. The van der Waals surface area contributed by atoms with Gasteiger partial charge in [-0.3, -0.25) is 4.90 Å². The summed E-state index contributed by atoms with van der Waals surface area (Å²) in [5, 5.41) is 4.03. The molecule has 1 atom stereocenters. The van der Waals surface area contributed by atoms with Gasteiger partial charge in [0.2, 0.25) is 0 Å². The Labute approximate surface area is 180 Å². The van der Waals surface area contributed by atoms with E-state index in [9.17, 15) is 31.1 Å². The van der Waals surface area contributed by atoms with Gasteiger partial charge in [0.15, 0.2) is 0 Å². The van der Waals surface area contributed by atoms with Crippen LogP contribution in [0.4, 0.5) is 31.1 Å². The number of alkyl halides is 6. The topological polar surface area (TPSA) is 44.8 Å². The Morgan fingerprint density at radius 1 is 1.13 bits per heavy atom. The summed E-state index contributed by atoms with van der Waals surface area (Å²) in [4.78, 5) is 14.7. The zero-order valence-corrected chi connectivity index (χ0v) is 17.2. The smallest absolute Gasteiger partial charge is 0.426 e. The van der Waals surface area contributed by atoms with E-state index in [2.05, 4.69) is 10.1 Å². The fourth-order valence-electron chi connectivity index (χ4n) is 3.81. The number of halogens is 7. The third kappa shape index (κ3) is 6.17. The molecule has 1 unspecified atom stereocenters. The highest BCUT2D eigenvalue weighted by Gasteiger charge is 2.60. The second kappa shape index (κ2) is 9.41. The van der Waals surface area contributed by atoms with Gasteiger partial charge in [0.25, 0.3) is 6.10 Å². The van der Waals surface area contributed by atoms with Crippen molar-refractivity contribution in [1.29, 1.82) is 0 Å². The number of carbonyl (C=O) groups excluding carboxylic acids is 1. The van der Waals surface area contributed by atoms with Crippen LogP contribution in [0.15, 0.2) is 18.2 Å². The molecule has 0 bridgehead atoms. The molecule has 2 fully saturated rings. The molecular weight excluding hydrogens is 452 g/mol. The minimum absolute atomic E-state index is 0.0358. The van der Waals surface area contributed by atoms with E-state index in [4.69, 9.17) is 11.6 Å². The van der Waals surface area contributed by atoms with Gasteiger partial charge < -0.3 is 15.0 Å². The van der Waals surface area contributed by atoms with E-state index in [1.54, 1.807) is 6.07 Å². The molecule has 0 radical (unpaired) electrons. The number of nitrogens with one attached hydrogen (secondary N) is 1. The first kappa shape index (κ1) is 23.9. The highest BCUT2D eigenvalue weighted by atomic mass is 35.5. The van der Waals surface area contributed by atoms with Crippen LogP contribution >= 0.6 is 11.6 Å². The second-order valence-corrected chi connectivity index (χ2v) is 8.04. The zero-order valence-electron chi connectivity index (χ0n) is 16.4. The monoisotopic (exact) mass is 473 g/mol. The summed E-state index contributed by atoms with van der Waals surface area (Å²) in [6.07, 6.45) is -15.2. The summed E-state index contributed by atoms with van der Waals surface area (Å²) in [5.41, 5.74) is 2.11. The van der Waals surface area contributed by atoms with Gasteiger partial charge in [-0.15, -0.1) is 0 Å². The Balaban J connectivity index is 1.58. The van der Waals surface area contributed by atoms with Crippen LogP contribution in [0.25, 0.3) is 0 Å². The van der Waals surface area contributed by atoms with Crippen molar-refractivity contribution in [3.63, 3.8) is 0 Å². The van der Waals surface area contributed by atoms with Crippen molar-refractivity contribution < 1.29 is 35.9 Å². The normalized spacial score (nSPS) is 21.0. The molecule has 31 heavy (non-hydrogen) atoms. The Morgan fingerprint density at radius 2 is 1.77 bits per heavy atom. The first-order valence-corrected chi connectivity index (χ1v) is 10.2. The maximum absolute atomic E-state index is 12.6. The summed E-state index contributed by atoms with van der Waals surface area (Å²) < 4.78 is 79.4. The van der Waals surface area contributed by atoms with Gasteiger partial charge in [-0.2, -0.15) is 26.3 Å². The van der Waals surface area contributed by atoms with Crippen LogP contribution in [0, 0.1) is 0 Å². The predicted molar refractivity (Wildman–Crippen MR) is 101 cm³/mol. The Hall–Kier alpha value is -1.72. The lowest BCUT2D eigenvalue weighted by atomic mass is 9.98. The lowest BCUT2D eigenvalue weighted by molar-refractivity contribution is -0.308. The van der Waals surface area contributed by atoms with Crippen molar-refractivity contribution in [2.45, 2.75) is 43.9 Å². The van der Waals surface area contributed by atoms with Gasteiger partial charge in [0, 0.05) is 43.8 Å². The molecule has 1 aromatic rings. The largest absolute Gasteiger partial charge is 0.434 e. The third-order valence-corrected chi connectivity index (χ3v) is 5.62. The SMILES string of the molecule is O=C(OC(C(F)(F)F)C(F)(F)F)N1CCN(Cc2ccc(Cl)cc2C2CCCN2)CC1. The number of benzene rings is 1. The predicted octanol–water partition coefficient (Wildman–Crippen LogP) is 4.51. The molecule has 12 heteroatoms. The van der Waals surface area contributed by atoms with Gasteiger partial charge in [-0.05, 0) is 42.6 Å². The molecule has 1 N–H and O–H groups in total. The van der Waals surface area contributed by atoms with Crippen LogP contribution in [0.2, 0.25) is 5.02 Å². The van der Waals surface area contributed by atoms with E-state index < -0.39 is 24.5 Å². The molecule has 0 aliphatic carbocycles. The van der Waals surface area contributed by atoms with E-state index >= 15 is 0 Å². The summed E-state index contributed by atoms with van der Waals surface area (Å²) in [6, 6.07) is 5.78. The highest BCUT2D eigenvalue weighted by molar-refractivity contribution is 6.30. The van der Waals surface area contributed by atoms with Crippen molar-refractivity contribution in [2.75, 3.05) is 32.7 Å². The Kier molecular flexibility index (Phi) is 7.27. The number of amides is 1. The number of hydrogen-bond acceptors (Lipinski definition) is 4. The standard InChI is InChI=1S/C19H22ClF6N3O2/c20-13-4-3-12(14(10-13)15-2-1-5-27-15)11-28-6-8-29(9-7-28)17(30)31-16(18(21,22)23)19(24,25)26/h3-4,10,15-16,27H,1-2,5-9,11H2. The molecule has 2 saturated heterocycles. The van der Waals surface area contributed by atoms with Crippen LogP contribution in [0.5, 0.6) is 0 Å². The fraction of sp³-hybridized carbons (Fsp3) is 0.632. The first-order chi connectivity index (χ1) is 14.4. The van der Waals surface area contributed by atoms with Gasteiger partial charge >= 0.3 is 18.4 Å². The summed E-state index contributed by atoms with van der Waals surface area (Å²) in [7, 11) is 0. The van der Waals surface area contributed by atoms with Crippen molar-refractivity contribution in [1.82, 2.24) is 15.1 Å². The number of piperazine rings is 1. The van der Waals surface area contributed by atoms with E-state index in [0.717, 1.165) is 35.4 Å². The van der Waals surface area contributed by atoms with Crippen molar-refractivity contribution in [2.24, 2.45) is 0 Å². The zero-order chi connectivity index (χ0) is 22.8. The lowest BCUT2D eigenvalue weighted by Crippen LogP contribution is -2.52. The number of rotatable bonds is 4. The van der Waals surface area contributed by atoms with Gasteiger partial charge in [0.1, 0.15) is 0 Å². The highest BCUT2D eigenvalue weighted by Crippen LogP contribution is 2.36. The van der Waals surface area contributed by atoms with Crippen LogP contribution in [-0.2, 0) is 11.3 Å². The quantitative estimate of drug-likeness (QED) is 0.654. The molecule has 0 aromatic heterocycles. The Bertz CT molecular complexity index is 761. The summed E-state index contributed by atoms with van der Waals surface area (Å²) in [6.45, 7) is 1.95. The molecule has 2 aliphatic heterocycles. The Morgan fingerprint density at radius 3 is 2.32 bits per heavy atom. The van der Waals surface area contributed by atoms with Crippen LogP contribution < -0.4 is 5.32 Å². The maximum atomic E-state index is 12.6. The van der Waals surface area contributed by atoms with Crippen molar-refractivity contribution in [3.05, 3.63) is 34.3 Å². The molecule has 0 spiro atoms. The van der Waals surface area contributed by atoms with E-state index in [1.807, 2.05) is 17.0 Å². The number of nitrogens with zero attached hydrogens (tertiary/aromatic N) is 2. The maximum Gasteiger partial charge on any atom is 0.434 e. The average Bonchev–Trinajstić information content (AvgIpc) is 3.20. The average molecular weight is 474 g/mol. The van der Waals surface area contributed by atoms with Crippen LogP contribution in [0.1, 0.15) is 30.0 Å². The minimum atomic E-state index is -5.73. The molecule has 5 nitrogen and oxygen atoms in total. The van der Waals surface area contributed by atoms with Gasteiger partial charge in [-0.1, -0.05) is 17.7 Å². The van der Waals surface area contributed by atoms with Gasteiger partial charge in [0.05, 0.1) is 0 Å². The van der Waals surface area contributed by atoms with E-state index in [1.165, 1.54) is 0 Å². The first-order valence-electron chi connectivity index (χ1n) is 9.78. The van der Waals surface area contributed by atoms with Crippen molar-refractivity contribution >= 4 is 17.7 Å².